The Labute approximate surface area is 161 Å². The molecular formula is C22H30N2O3. The summed E-state index contributed by atoms with van der Waals surface area (Å²) in [6.07, 6.45) is 9.44. The molecule has 0 bridgehead atoms. The molecule has 5 nitrogen and oxygen atoms in total. The Hall–Kier alpha value is -1.72. The summed E-state index contributed by atoms with van der Waals surface area (Å²) in [5, 5.41) is 0. The van der Waals surface area contributed by atoms with Gasteiger partial charge in [-0.15, -0.1) is 0 Å². The van der Waals surface area contributed by atoms with Crippen molar-refractivity contribution in [2.75, 3.05) is 13.2 Å². The SMILES string of the molecule is Cc1cccc(CO[C@@H]2CN(C(=O)CC3=CCCCC3)[C@@H]3CCCO[C@@H]32)n1. The number of hydrogen-bond acceptors (Lipinski definition) is 4. The molecule has 0 radical (unpaired) electrons. The lowest BCUT2D eigenvalue weighted by Gasteiger charge is -2.32. The molecule has 0 aromatic carbocycles. The second kappa shape index (κ2) is 8.53. The molecule has 146 valence electrons. The summed E-state index contributed by atoms with van der Waals surface area (Å²) in [6.45, 7) is 3.84. The van der Waals surface area contributed by atoms with E-state index in [9.17, 15) is 4.79 Å². The lowest BCUT2D eigenvalue weighted by molar-refractivity contribution is -0.134. The van der Waals surface area contributed by atoms with E-state index in [4.69, 9.17) is 9.47 Å². The Balaban J connectivity index is 1.41. The number of aryl methyl sites for hydroxylation is 1. The Morgan fingerprint density at radius 2 is 2.26 bits per heavy atom. The van der Waals surface area contributed by atoms with Crippen molar-refractivity contribution in [3.63, 3.8) is 0 Å². The van der Waals surface area contributed by atoms with Crippen LogP contribution in [0, 0.1) is 6.92 Å². The molecule has 1 aliphatic carbocycles. The maximum atomic E-state index is 13.0. The van der Waals surface area contributed by atoms with Crippen LogP contribution in [-0.2, 0) is 20.9 Å². The monoisotopic (exact) mass is 370 g/mol. The lowest BCUT2D eigenvalue weighted by Crippen LogP contribution is -2.44. The predicted octanol–water partition coefficient (Wildman–Crippen LogP) is 3.56. The largest absolute Gasteiger partial charge is 0.373 e. The van der Waals surface area contributed by atoms with E-state index in [1.807, 2.05) is 30.0 Å². The van der Waals surface area contributed by atoms with Gasteiger partial charge in [-0.3, -0.25) is 9.78 Å². The van der Waals surface area contributed by atoms with Crippen LogP contribution in [0.25, 0.3) is 0 Å². The number of ether oxygens (including phenoxy) is 2. The van der Waals surface area contributed by atoms with Crippen molar-refractivity contribution in [3.05, 3.63) is 41.2 Å². The number of amides is 1. The second-order valence-corrected chi connectivity index (χ2v) is 8.00. The molecule has 0 saturated carbocycles. The number of nitrogens with zero attached hydrogens (tertiary/aromatic N) is 2. The van der Waals surface area contributed by atoms with E-state index in [2.05, 4.69) is 11.1 Å². The van der Waals surface area contributed by atoms with E-state index in [0.717, 1.165) is 43.7 Å². The summed E-state index contributed by atoms with van der Waals surface area (Å²) in [6, 6.07) is 6.13. The number of aromatic nitrogens is 1. The normalized spacial score (nSPS) is 28.0. The minimum absolute atomic E-state index is 0.00663. The molecule has 0 N–H and O–H groups in total. The zero-order valence-corrected chi connectivity index (χ0v) is 16.2. The van der Waals surface area contributed by atoms with Crippen LogP contribution in [-0.4, -0.2) is 47.2 Å². The van der Waals surface area contributed by atoms with E-state index >= 15 is 0 Å². The van der Waals surface area contributed by atoms with E-state index in [-0.39, 0.29) is 24.2 Å². The molecule has 3 atom stereocenters. The van der Waals surface area contributed by atoms with Gasteiger partial charge in [0.1, 0.15) is 12.2 Å². The van der Waals surface area contributed by atoms with Crippen molar-refractivity contribution < 1.29 is 14.3 Å². The number of allylic oxidation sites excluding steroid dienone is 1. The van der Waals surface area contributed by atoms with Crippen molar-refractivity contribution >= 4 is 5.91 Å². The third-order valence-corrected chi connectivity index (χ3v) is 5.95. The second-order valence-electron chi connectivity index (χ2n) is 8.00. The van der Waals surface area contributed by atoms with Crippen LogP contribution in [0.2, 0.25) is 0 Å². The Bertz CT molecular complexity index is 703. The van der Waals surface area contributed by atoms with Crippen LogP contribution in [0.1, 0.15) is 56.3 Å². The summed E-state index contributed by atoms with van der Waals surface area (Å²) in [4.78, 5) is 19.5. The summed E-state index contributed by atoms with van der Waals surface area (Å²) in [5.74, 6) is 0.239. The zero-order valence-electron chi connectivity index (χ0n) is 16.2. The third-order valence-electron chi connectivity index (χ3n) is 5.95. The van der Waals surface area contributed by atoms with Gasteiger partial charge in [0.05, 0.1) is 18.3 Å². The summed E-state index contributed by atoms with van der Waals surface area (Å²) in [7, 11) is 0. The highest BCUT2D eigenvalue weighted by atomic mass is 16.5. The van der Waals surface area contributed by atoms with Crippen molar-refractivity contribution in [1.82, 2.24) is 9.88 Å². The minimum atomic E-state index is -0.0677. The fraction of sp³-hybridized carbons (Fsp3) is 0.636. The first-order valence-corrected chi connectivity index (χ1v) is 10.3. The van der Waals surface area contributed by atoms with Gasteiger partial charge < -0.3 is 14.4 Å². The summed E-state index contributed by atoms with van der Waals surface area (Å²) < 4.78 is 12.2. The Morgan fingerprint density at radius 1 is 1.33 bits per heavy atom. The number of carbonyl (C=O) groups excluding carboxylic acids is 1. The van der Waals surface area contributed by atoms with Gasteiger partial charge in [-0.05, 0) is 57.6 Å². The van der Waals surface area contributed by atoms with Crippen molar-refractivity contribution in [2.24, 2.45) is 0 Å². The summed E-state index contributed by atoms with van der Waals surface area (Å²) >= 11 is 0. The fourth-order valence-electron chi connectivity index (χ4n) is 4.58. The van der Waals surface area contributed by atoms with Crippen LogP contribution in [0.5, 0.6) is 0 Å². The molecule has 1 amide bonds. The Morgan fingerprint density at radius 3 is 3.07 bits per heavy atom. The van der Waals surface area contributed by atoms with Gasteiger partial charge in [-0.25, -0.2) is 0 Å². The molecule has 4 rings (SSSR count). The van der Waals surface area contributed by atoms with Gasteiger partial charge in [0.25, 0.3) is 0 Å². The number of pyridine rings is 1. The van der Waals surface area contributed by atoms with Gasteiger partial charge in [0, 0.05) is 25.3 Å². The van der Waals surface area contributed by atoms with E-state index in [0.29, 0.717) is 19.6 Å². The van der Waals surface area contributed by atoms with Gasteiger partial charge in [-0.1, -0.05) is 17.7 Å². The van der Waals surface area contributed by atoms with E-state index in [1.54, 1.807) is 0 Å². The standard InChI is InChI=1S/C22H30N2O3/c1-16-7-5-10-18(23-16)15-27-20-14-24(19-11-6-12-26-22(19)20)21(25)13-17-8-3-2-4-9-17/h5,7-8,10,19-20,22H,2-4,6,9,11-15H2,1H3/t19-,20-,22+/m1/s1. The lowest BCUT2D eigenvalue weighted by atomic mass is 9.96. The third kappa shape index (κ3) is 4.41. The average Bonchev–Trinajstić information content (AvgIpc) is 3.06. The molecule has 1 aromatic heterocycles. The zero-order chi connectivity index (χ0) is 18.6. The highest BCUT2D eigenvalue weighted by Gasteiger charge is 2.46. The molecule has 27 heavy (non-hydrogen) atoms. The minimum Gasteiger partial charge on any atom is -0.373 e. The first kappa shape index (κ1) is 18.6. The van der Waals surface area contributed by atoms with Gasteiger partial charge in [0.2, 0.25) is 5.91 Å². The van der Waals surface area contributed by atoms with E-state index in [1.165, 1.54) is 18.4 Å². The molecule has 1 aromatic rings. The van der Waals surface area contributed by atoms with Gasteiger partial charge >= 0.3 is 0 Å². The van der Waals surface area contributed by atoms with Crippen LogP contribution in [0.15, 0.2) is 29.8 Å². The molecular weight excluding hydrogens is 340 g/mol. The molecule has 2 fully saturated rings. The average molecular weight is 370 g/mol. The molecule has 3 aliphatic rings. The summed E-state index contributed by atoms with van der Waals surface area (Å²) in [5.41, 5.74) is 3.24. The first-order valence-electron chi connectivity index (χ1n) is 10.3. The topological polar surface area (TPSA) is 51.7 Å². The highest BCUT2D eigenvalue weighted by molar-refractivity contribution is 5.79. The van der Waals surface area contributed by atoms with E-state index < -0.39 is 0 Å². The van der Waals surface area contributed by atoms with Gasteiger partial charge in [-0.2, -0.15) is 0 Å². The van der Waals surface area contributed by atoms with Crippen LogP contribution in [0.3, 0.4) is 0 Å². The predicted molar refractivity (Wildman–Crippen MR) is 103 cm³/mol. The quantitative estimate of drug-likeness (QED) is 0.744. The Kier molecular flexibility index (Phi) is 5.89. The number of fused-ring (bicyclic) bond motifs is 1. The number of carbonyl (C=O) groups is 1. The smallest absolute Gasteiger partial charge is 0.227 e. The van der Waals surface area contributed by atoms with Crippen LogP contribution in [0.4, 0.5) is 0 Å². The van der Waals surface area contributed by atoms with Crippen molar-refractivity contribution in [3.8, 4) is 0 Å². The highest BCUT2D eigenvalue weighted by Crippen LogP contribution is 2.32. The number of hydrogen-bond donors (Lipinski definition) is 0. The molecule has 2 aliphatic heterocycles. The van der Waals surface area contributed by atoms with Crippen molar-refractivity contribution in [1.29, 1.82) is 0 Å². The molecule has 0 unspecified atom stereocenters. The molecule has 2 saturated heterocycles. The number of rotatable bonds is 5. The van der Waals surface area contributed by atoms with Gasteiger partial charge in [0.15, 0.2) is 0 Å². The first-order chi connectivity index (χ1) is 13.2. The maximum Gasteiger partial charge on any atom is 0.227 e. The molecule has 0 spiro atoms. The van der Waals surface area contributed by atoms with Crippen molar-refractivity contribution in [2.45, 2.75) is 76.7 Å². The molecule has 5 heteroatoms. The van der Waals surface area contributed by atoms with Crippen LogP contribution >= 0.6 is 0 Å². The number of likely N-dealkylation sites (tertiary alicyclic amines) is 1. The molecule has 3 heterocycles. The van der Waals surface area contributed by atoms with Crippen LogP contribution < -0.4 is 0 Å². The maximum absolute atomic E-state index is 13.0. The fourth-order valence-corrected chi connectivity index (χ4v) is 4.58.